The van der Waals surface area contributed by atoms with E-state index in [0.717, 1.165) is 17.5 Å². The normalized spacial score (nSPS) is 24.0. The van der Waals surface area contributed by atoms with Gasteiger partial charge in [0.2, 0.25) is 5.91 Å². The van der Waals surface area contributed by atoms with E-state index >= 15 is 0 Å². The van der Waals surface area contributed by atoms with Crippen LogP contribution in [0.25, 0.3) is 0 Å². The number of halogens is 1. The zero-order valence-electron chi connectivity index (χ0n) is 13.2. The summed E-state index contributed by atoms with van der Waals surface area (Å²) in [6.07, 6.45) is 4.98. The molecule has 23 heavy (non-hydrogen) atoms. The molecule has 2 atom stereocenters. The van der Waals surface area contributed by atoms with Gasteiger partial charge in [0.1, 0.15) is 4.32 Å². The van der Waals surface area contributed by atoms with Crippen molar-refractivity contribution in [2.24, 2.45) is 0 Å². The molecular weight excluding hydrogens is 350 g/mol. The first-order valence-corrected chi connectivity index (χ1v) is 8.72. The Morgan fingerprint density at radius 1 is 1.09 bits per heavy atom. The number of hydrogen-bond acceptors (Lipinski definition) is 1. The summed E-state index contributed by atoms with van der Waals surface area (Å²) in [5.41, 5.74) is 2.30. The van der Waals surface area contributed by atoms with E-state index in [1.165, 1.54) is 0 Å². The Hall–Kier alpha value is -1.87. The summed E-state index contributed by atoms with van der Waals surface area (Å²) < 4.78 is -0.626. The predicted molar refractivity (Wildman–Crippen MR) is 97.3 cm³/mol. The molecule has 1 aliphatic rings. The highest BCUT2D eigenvalue weighted by Crippen LogP contribution is 2.50. The molecule has 0 aromatic heterocycles. The van der Waals surface area contributed by atoms with E-state index < -0.39 is 4.32 Å². The highest BCUT2D eigenvalue weighted by atomic mass is 79.9. The lowest BCUT2D eigenvalue weighted by Crippen LogP contribution is -2.63. The van der Waals surface area contributed by atoms with Crippen LogP contribution >= 0.6 is 15.9 Å². The maximum atomic E-state index is 12.8. The van der Waals surface area contributed by atoms with Gasteiger partial charge in [0.25, 0.3) is 0 Å². The molecule has 118 valence electrons. The lowest BCUT2D eigenvalue weighted by atomic mass is 9.81. The van der Waals surface area contributed by atoms with Gasteiger partial charge in [-0.05, 0) is 17.5 Å². The van der Waals surface area contributed by atoms with Crippen LogP contribution < -0.4 is 0 Å². The monoisotopic (exact) mass is 369 g/mol. The van der Waals surface area contributed by atoms with Crippen LogP contribution in [-0.4, -0.2) is 15.1 Å². The molecule has 0 radical (unpaired) electrons. The van der Waals surface area contributed by atoms with Gasteiger partial charge in [-0.3, -0.25) is 4.79 Å². The van der Waals surface area contributed by atoms with Gasteiger partial charge < -0.3 is 4.90 Å². The number of carbonyl (C=O) groups excluding carboxylic acids is 1. The summed E-state index contributed by atoms with van der Waals surface area (Å²) >= 11 is 3.71. The molecule has 1 saturated heterocycles. The lowest BCUT2D eigenvalue weighted by molar-refractivity contribution is -0.150. The van der Waals surface area contributed by atoms with Gasteiger partial charge in [0.15, 0.2) is 0 Å². The predicted octanol–water partition coefficient (Wildman–Crippen LogP) is 4.87. The van der Waals surface area contributed by atoms with Crippen molar-refractivity contribution in [3.8, 4) is 0 Å². The van der Waals surface area contributed by atoms with Crippen molar-refractivity contribution < 1.29 is 4.79 Å². The zero-order chi connectivity index (χ0) is 16.3. The molecule has 1 fully saturated rings. The maximum Gasteiger partial charge on any atom is 0.246 e. The van der Waals surface area contributed by atoms with Crippen LogP contribution in [0.4, 0.5) is 0 Å². The van der Waals surface area contributed by atoms with Gasteiger partial charge in [-0.15, -0.1) is 0 Å². The number of benzene rings is 2. The Bertz CT molecular complexity index is 698. The molecular formula is C20H20BrNO. The first kappa shape index (κ1) is 16.0. The summed E-state index contributed by atoms with van der Waals surface area (Å²) in [7, 11) is 0. The van der Waals surface area contributed by atoms with E-state index in [9.17, 15) is 4.79 Å². The van der Waals surface area contributed by atoms with Gasteiger partial charge in [0.05, 0.1) is 6.04 Å². The van der Waals surface area contributed by atoms with Crippen LogP contribution in [0, 0.1) is 0 Å². The summed E-state index contributed by atoms with van der Waals surface area (Å²) in [5, 5.41) is 0. The zero-order valence-corrected chi connectivity index (χ0v) is 14.7. The third kappa shape index (κ3) is 2.98. The quantitative estimate of drug-likeness (QED) is 0.418. The highest BCUT2D eigenvalue weighted by Gasteiger charge is 2.57. The molecule has 2 nitrogen and oxygen atoms in total. The lowest BCUT2D eigenvalue weighted by Gasteiger charge is -2.52. The smallest absolute Gasteiger partial charge is 0.246 e. The SMILES string of the molecule is CC/C=C/[C@@]1(Br)C(=O)N(Cc2ccccc2)[C@@H]1c1ccccc1. The first-order chi connectivity index (χ1) is 11.2. The number of nitrogens with zero attached hydrogens (tertiary/aromatic N) is 1. The largest absolute Gasteiger partial charge is 0.327 e. The third-order valence-electron chi connectivity index (χ3n) is 4.21. The summed E-state index contributed by atoms with van der Waals surface area (Å²) in [5.74, 6) is 0.125. The van der Waals surface area contributed by atoms with E-state index in [-0.39, 0.29) is 11.9 Å². The number of β-lactam (4-membered cyclic amide) rings is 1. The van der Waals surface area contributed by atoms with Crippen LogP contribution in [-0.2, 0) is 11.3 Å². The van der Waals surface area contributed by atoms with Crippen LogP contribution in [0.1, 0.15) is 30.5 Å². The topological polar surface area (TPSA) is 20.3 Å². The molecule has 0 aliphatic carbocycles. The van der Waals surface area contributed by atoms with E-state index in [0.29, 0.717) is 6.54 Å². The highest BCUT2D eigenvalue weighted by molar-refractivity contribution is 9.10. The molecule has 0 bridgehead atoms. The van der Waals surface area contributed by atoms with E-state index in [1.807, 2.05) is 47.4 Å². The molecule has 0 unspecified atom stereocenters. The van der Waals surface area contributed by atoms with Gasteiger partial charge in [-0.2, -0.15) is 0 Å². The number of likely N-dealkylation sites (tertiary alicyclic amines) is 1. The van der Waals surface area contributed by atoms with Crippen LogP contribution in [0.3, 0.4) is 0 Å². The minimum atomic E-state index is -0.626. The van der Waals surface area contributed by atoms with Gasteiger partial charge in [0, 0.05) is 6.54 Å². The number of rotatable bonds is 5. The molecule has 3 rings (SSSR count). The minimum Gasteiger partial charge on any atom is -0.327 e. The second-order valence-corrected chi connectivity index (χ2v) is 7.12. The molecule has 1 heterocycles. The van der Waals surface area contributed by atoms with Crippen molar-refractivity contribution in [2.75, 3.05) is 0 Å². The fraction of sp³-hybridized carbons (Fsp3) is 0.250. The van der Waals surface area contributed by atoms with Gasteiger partial charge in [-0.25, -0.2) is 0 Å². The Balaban J connectivity index is 1.93. The molecule has 0 spiro atoms. The second-order valence-electron chi connectivity index (χ2n) is 5.81. The van der Waals surface area contributed by atoms with Crippen molar-refractivity contribution in [1.29, 1.82) is 0 Å². The molecule has 3 heteroatoms. The standard InChI is InChI=1S/C20H20BrNO/c1-2-3-14-20(21)18(17-12-8-5-9-13-17)22(19(20)23)15-16-10-6-4-7-11-16/h3-14,18H,2,15H2,1H3/b14-3+/t18-,20+/m1/s1. The Labute approximate surface area is 146 Å². The maximum absolute atomic E-state index is 12.8. The fourth-order valence-electron chi connectivity index (χ4n) is 3.07. The van der Waals surface area contributed by atoms with Crippen LogP contribution in [0.5, 0.6) is 0 Å². The molecule has 1 amide bonds. The molecule has 1 aliphatic heterocycles. The Morgan fingerprint density at radius 2 is 1.70 bits per heavy atom. The molecule has 0 saturated carbocycles. The summed E-state index contributed by atoms with van der Waals surface area (Å²) in [4.78, 5) is 14.7. The van der Waals surface area contributed by atoms with Gasteiger partial charge >= 0.3 is 0 Å². The molecule has 2 aromatic carbocycles. The average Bonchev–Trinajstić information content (AvgIpc) is 2.61. The second kappa shape index (κ2) is 6.71. The summed E-state index contributed by atoms with van der Waals surface area (Å²) in [6.45, 7) is 2.71. The summed E-state index contributed by atoms with van der Waals surface area (Å²) in [6, 6.07) is 20.4. The number of hydrogen-bond donors (Lipinski definition) is 0. The third-order valence-corrected chi connectivity index (χ3v) is 5.24. The Morgan fingerprint density at radius 3 is 2.30 bits per heavy atom. The number of allylic oxidation sites excluding steroid dienone is 1. The average molecular weight is 370 g/mol. The molecule has 0 N–H and O–H groups in total. The number of alkyl halides is 1. The minimum absolute atomic E-state index is 0.0132. The van der Waals surface area contributed by atoms with E-state index in [2.05, 4.69) is 53.2 Å². The number of amides is 1. The Kier molecular flexibility index (Phi) is 4.67. The van der Waals surface area contributed by atoms with Crippen LogP contribution in [0.2, 0.25) is 0 Å². The van der Waals surface area contributed by atoms with E-state index in [4.69, 9.17) is 0 Å². The molecule has 2 aromatic rings. The van der Waals surface area contributed by atoms with Crippen molar-refractivity contribution in [3.05, 3.63) is 83.9 Å². The number of carbonyl (C=O) groups is 1. The first-order valence-electron chi connectivity index (χ1n) is 7.93. The van der Waals surface area contributed by atoms with Crippen molar-refractivity contribution in [1.82, 2.24) is 4.90 Å². The fourth-order valence-corrected chi connectivity index (χ4v) is 3.99. The van der Waals surface area contributed by atoms with Crippen molar-refractivity contribution in [3.63, 3.8) is 0 Å². The van der Waals surface area contributed by atoms with E-state index in [1.54, 1.807) is 0 Å². The van der Waals surface area contributed by atoms with Crippen LogP contribution in [0.15, 0.2) is 72.8 Å². The van der Waals surface area contributed by atoms with Crippen molar-refractivity contribution >= 4 is 21.8 Å². The van der Waals surface area contributed by atoms with Crippen molar-refractivity contribution in [2.45, 2.75) is 30.3 Å². The van der Waals surface area contributed by atoms with Gasteiger partial charge in [-0.1, -0.05) is 95.7 Å².